The molecule has 3 unspecified atom stereocenters. The van der Waals surface area contributed by atoms with Crippen LogP contribution < -0.4 is 5.32 Å². The van der Waals surface area contributed by atoms with E-state index < -0.39 is 0 Å². The molecule has 19 heavy (non-hydrogen) atoms. The van der Waals surface area contributed by atoms with E-state index in [9.17, 15) is 0 Å². The van der Waals surface area contributed by atoms with Gasteiger partial charge in [0.2, 0.25) is 0 Å². The van der Waals surface area contributed by atoms with Crippen molar-refractivity contribution in [3.8, 4) is 0 Å². The van der Waals surface area contributed by atoms with Crippen molar-refractivity contribution in [3.63, 3.8) is 0 Å². The van der Waals surface area contributed by atoms with Crippen molar-refractivity contribution in [2.24, 2.45) is 11.8 Å². The summed E-state index contributed by atoms with van der Waals surface area (Å²) in [6.45, 7) is 2.37. The number of fused-ring (bicyclic) bond motifs is 1. The molecule has 1 aromatic carbocycles. The van der Waals surface area contributed by atoms with Crippen LogP contribution in [0.15, 0.2) is 36.4 Å². The standard InChI is InChI=1S/C17H22N2/c1-12-14(8-10-16(12)18-2)11-15-9-7-13-5-3-4-6-17(13)19-15/h3-7,9,12,14,16,18H,8,10-11H2,1-2H3. The molecule has 1 heterocycles. The fourth-order valence-corrected chi connectivity index (χ4v) is 3.43. The number of pyridine rings is 1. The SMILES string of the molecule is CNC1CCC(Cc2ccc3ccccc3n2)C1C. The highest BCUT2D eigenvalue weighted by molar-refractivity contribution is 5.78. The quantitative estimate of drug-likeness (QED) is 0.908. The first-order valence-corrected chi connectivity index (χ1v) is 7.30. The lowest BCUT2D eigenvalue weighted by Gasteiger charge is -2.20. The van der Waals surface area contributed by atoms with E-state index in [1.165, 1.54) is 23.9 Å². The summed E-state index contributed by atoms with van der Waals surface area (Å²) in [7, 11) is 2.08. The Morgan fingerprint density at radius 2 is 2.00 bits per heavy atom. The maximum absolute atomic E-state index is 4.80. The van der Waals surface area contributed by atoms with Gasteiger partial charge in [-0.3, -0.25) is 4.98 Å². The second kappa shape index (κ2) is 5.30. The van der Waals surface area contributed by atoms with Gasteiger partial charge < -0.3 is 5.32 Å². The molecule has 1 aromatic heterocycles. The predicted octanol–water partition coefficient (Wildman–Crippen LogP) is 3.41. The molecule has 0 radical (unpaired) electrons. The molecule has 0 amide bonds. The minimum atomic E-state index is 0.686. The molecule has 1 aliphatic rings. The monoisotopic (exact) mass is 254 g/mol. The molecule has 2 aromatic rings. The Labute approximate surface area is 115 Å². The summed E-state index contributed by atoms with van der Waals surface area (Å²) >= 11 is 0. The number of aromatic nitrogens is 1. The molecule has 100 valence electrons. The molecule has 0 spiro atoms. The second-order valence-electron chi connectivity index (χ2n) is 5.79. The Kier molecular flexibility index (Phi) is 3.52. The van der Waals surface area contributed by atoms with Gasteiger partial charge in [-0.2, -0.15) is 0 Å². The van der Waals surface area contributed by atoms with Crippen LogP contribution in [0, 0.1) is 11.8 Å². The highest BCUT2D eigenvalue weighted by Gasteiger charge is 2.31. The summed E-state index contributed by atoms with van der Waals surface area (Å²) in [5, 5.41) is 4.67. The molecule has 0 bridgehead atoms. The fourth-order valence-electron chi connectivity index (χ4n) is 3.43. The van der Waals surface area contributed by atoms with Crippen LogP contribution in [0.5, 0.6) is 0 Å². The molecule has 1 saturated carbocycles. The van der Waals surface area contributed by atoms with Gasteiger partial charge in [0.25, 0.3) is 0 Å². The molecule has 2 heteroatoms. The van der Waals surface area contributed by atoms with Gasteiger partial charge in [0, 0.05) is 17.1 Å². The van der Waals surface area contributed by atoms with Gasteiger partial charge in [0.15, 0.2) is 0 Å². The van der Waals surface area contributed by atoms with Gasteiger partial charge in [-0.05, 0) is 50.3 Å². The molecule has 1 aliphatic carbocycles. The van der Waals surface area contributed by atoms with Crippen LogP contribution in [-0.2, 0) is 6.42 Å². The Bertz CT molecular complexity index is 564. The molecular weight excluding hydrogens is 232 g/mol. The number of rotatable bonds is 3. The van der Waals surface area contributed by atoms with Crippen LogP contribution in [0.2, 0.25) is 0 Å². The molecule has 3 atom stereocenters. The lowest BCUT2D eigenvalue weighted by atomic mass is 9.91. The van der Waals surface area contributed by atoms with E-state index in [4.69, 9.17) is 4.98 Å². The van der Waals surface area contributed by atoms with Gasteiger partial charge >= 0.3 is 0 Å². The van der Waals surface area contributed by atoms with Gasteiger partial charge in [0.05, 0.1) is 5.52 Å². The van der Waals surface area contributed by atoms with Crippen molar-refractivity contribution >= 4 is 10.9 Å². The molecule has 0 saturated heterocycles. The van der Waals surface area contributed by atoms with Crippen molar-refractivity contribution < 1.29 is 0 Å². The van der Waals surface area contributed by atoms with E-state index in [0.717, 1.165) is 23.8 Å². The third kappa shape index (κ3) is 2.50. The van der Waals surface area contributed by atoms with Crippen molar-refractivity contribution in [3.05, 3.63) is 42.1 Å². The smallest absolute Gasteiger partial charge is 0.0705 e. The van der Waals surface area contributed by atoms with E-state index in [1.54, 1.807) is 0 Å². The molecule has 2 nitrogen and oxygen atoms in total. The van der Waals surface area contributed by atoms with E-state index >= 15 is 0 Å². The van der Waals surface area contributed by atoms with Gasteiger partial charge in [-0.1, -0.05) is 31.2 Å². The summed E-state index contributed by atoms with van der Waals surface area (Å²) in [5.74, 6) is 1.52. The summed E-state index contributed by atoms with van der Waals surface area (Å²) in [5.41, 5.74) is 2.36. The largest absolute Gasteiger partial charge is 0.317 e. The average molecular weight is 254 g/mol. The fraction of sp³-hybridized carbons (Fsp3) is 0.471. The Morgan fingerprint density at radius 1 is 1.16 bits per heavy atom. The van der Waals surface area contributed by atoms with E-state index in [1.807, 2.05) is 0 Å². The molecular formula is C17H22N2. The number of nitrogens with zero attached hydrogens (tertiary/aromatic N) is 1. The number of hydrogen-bond acceptors (Lipinski definition) is 2. The van der Waals surface area contributed by atoms with E-state index in [-0.39, 0.29) is 0 Å². The third-order valence-corrected chi connectivity index (χ3v) is 4.72. The molecule has 1 fully saturated rings. The van der Waals surface area contributed by atoms with Crippen LogP contribution in [0.3, 0.4) is 0 Å². The molecule has 0 aliphatic heterocycles. The average Bonchev–Trinajstić information content (AvgIpc) is 2.79. The highest BCUT2D eigenvalue weighted by atomic mass is 14.9. The summed E-state index contributed by atoms with van der Waals surface area (Å²) < 4.78 is 0. The molecule has 1 N–H and O–H groups in total. The Balaban J connectivity index is 1.78. The number of benzene rings is 1. The Morgan fingerprint density at radius 3 is 2.79 bits per heavy atom. The summed E-state index contributed by atoms with van der Waals surface area (Å²) in [6, 6.07) is 13.4. The van der Waals surface area contributed by atoms with Crippen molar-refractivity contribution in [1.29, 1.82) is 0 Å². The highest BCUT2D eigenvalue weighted by Crippen LogP contribution is 2.33. The van der Waals surface area contributed by atoms with Gasteiger partial charge in [-0.15, -0.1) is 0 Å². The maximum atomic E-state index is 4.80. The zero-order chi connectivity index (χ0) is 13.2. The lowest BCUT2D eigenvalue weighted by Crippen LogP contribution is -2.29. The minimum absolute atomic E-state index is 0.686. The maximum Gasteiger partial charge on any atom is 0.0705 e. The topological polar surface area (TPSA) is 24.9 Å². The second-order valence-corrected chi connectivity index (χ2v) is 5.79. The van der Waals surface area contributed by atoms with Crippen LogP contribution in [0.1, 0.15) is 25.5 Å². The van der Waals surface area contributed by atoms with Crippen molar-refractivity contribution in [1.82, 2.24) is 10.3 Å². The summed E-state index contributed by atoms with van der Waals surface area (Å²) in [6.07, 6.45) is 3.74. The first kappa shape index (κ1) is 12.6. The van der Waals surface area contributed by atoms with Crippen molar-refractivity contribution in [2.75, 3.05) is 7.05 Å². The molecule has 3 rings (SSSR count). The van der Waals surface area contributed by atoms with Gasteiger partial charge in [0.1, 0.15) is 0 Å². The van der Waals surface area contributed by atoms with Crippen LogP contribution >= 0.6 is 0 Å². The van der Waals surface area contributed by atoms with Crippen LogP contribution in [0.25, 0.3) is 10.9 Å². The number of hydrogen-bond donors (Lipinski definition) is 1. The van der Waals surface area contributed by atoms with Gasteiger partial charge in [-0.25, -0.2) is 0 Å². The predicted molar refractivity (Wildman–Crippen MR) is 80.2 cm³/mol. The first-order valence-electron chi connectivity index (χ1n) is 7.30. The number of para-hydroxylation sites is 1. The normalized spacial score (nSPS) is 26.9. The van der Waals surface area contributed by atoms with Crippen LogP contribution in [-0.4, -0.2) is 18.1 Å². The first-order chi connectivity index (χ1) is 9.28. The minimum Gasteiger partial charge on any atom is -0.317 e. The zero-order valence-corrected chi connectivity index (χ0v) is 11.8. The van der Waals surface area contributed by atoms with E-state index in [2.05, 4.69) is 55.7 Å². The zero-order valence-electron chi connectivity index (χ0n) is 11.8. The number of nitrogens with one attached hydrogen (secondary N) is 1. The third-order valence-electron chi connectivity index (χ3n) is 4.72. The Hall–Kier alpha value is -1.41. The van der Waals surface area contributed by atoms with E-state index in [0.29, 0.717) is 6.04 Å². The lowest BCUT2D eigenvalue weighted by molar-refractivity contribution is 0.362. The van der Waals surface area contributed by atoms with Crippen LogP contribution in [0.4, 0.5) is 0 Å². The summed E-state index contributed by atoms with van der Waals surface area (Å²) in [4.78, 5) is 4.80. The van der Waals surface area contributed by atoms with Crippen molar-refractivity contribution in [2.45, 2.75) is 32.2 Å².